The molecule has 0 bridgehead atoms. The van der Waals surface area contributed by atoms with Crippen LogP contribution >= 0.6 is 0 Å². The van der Waals surface area contributed by atoms with Crippen LogP contribution in [0.3, 0.4) is 0 Å². The molecule has 3 aromatic rings. The van der Waals surface area contributed by atoms with E-state index in [1.807, 2.05) is 30.3 Å². The molecule has 0 aliphatic rings. The van der Waals surface area contributed by atoms with E-state index in [0.29, 0.717) is 17.9 Å². The largest absolute Gasteiger partial charge is 0.450 e. The lowest BCUT2D eigenvalue weighted by atomic mass is 10.1. The number of furan rings is 1. The minimum atomic E-state index is -0.721. The maximum atomic E-state index is 12.1. The second kappa shape index (κ2) is 8.81. The Morgan fingerprint density at radius 3 is 2.32 bits per heavy atom. The average Bonchev–Trinajstić information content (AvgIpc) is 3.21. The molecule has 1 aromatic heterocycles. The number of nitrogens with one attached hydrogen (secondary N) is 1. The highest BCUT2D eigenvalue weighted by Crippen LogP contribution is 2.23. The molecule has 0 fully saturated rings. The topological polar surface area (TPSA) is 85.6 Å². The van der Waals surface area contributed by atoms with Crippen molar-refractivity contribution in [3.05, 3.63) is 83.6 Å². The molecule has 0 unspecified atom stereocenters. The van der Waals surface area contributed by atoms with Gasteiger partial charge in [0.1, 0.15) is 5.76 Å². The molecule has 6 nitrogen and oxygen atoms in total. The van der Waals surface area contributed by atoms with Gasteiger partial charge in [-0.3, -0.25) is 9.59 Å². The molecule has 0 saturated carbocycles. The summed E-state index contributed by atoms with van der Waals surface area (Å²) in [5, 5.41) is 2.68. The zero-order valence-corrected chi connectivity index (χ0v) is 15.3. The van der Waals surface area contributed by atoms with E-state index in [1.54, 1.807) is 30.3 Å². The zero-order valence-electron chi connectivity index (χ0n) is 15.3. The fraction of sp³-hybridized carbons (Fsp3) is 0.136. The Hall–Kier alpha value is -3.67. The van der Waals surface area contributed by atoms with E-state index in [4.69, 9.17) is 9.15 Å². The van der Waals surface area contributed by atoms with Crippen molar-refractivity contribution in [3.63, 3.8) is 0 Å². The molecule has 6 heteroatoms. The van der Waals surface area contributed by atoms with Gasteiger partial charge in [-0.2, -0.15) is 0 Å². The van der Waals surface area contributed by atoms with E-state index in [0.717, 1.165) is 11.1 Å². The predicted octanol–water partition coefficient (Wildman–Crippen LogP) is 3.62. The van der Waals surface area contributed by atoms with Crippen LogP contribution in [0.4, 0.5) is 0 Å². The van der Waals surface area contributed by atoms with Gasteiger partial charge in [-0.15, -0.1) is 0 Å². The number of Topliss-reactive ketones (excluding diaryl/α,β-unsaturated/α-hetero) is 1. The first-order valence-corrected chi connectivity index (χ1v) is 8.72. The van der Waals surface area contributed by atoms with Crippen LogP contribution in [0.2, 0.25) is 0 Å². The highest BCUT2D eigenvalue weighted by molar-refractivity contribution is 5.94. The Bertz CT molecular complexity index is 974. The Morgan fingerprint density at radius 1 is 0.929 bits per heavy atom. The van der Waals surface area contributed by atoms with E-state index in [-0.39, 0.29) is 11.5 Å². The number of carbonyl (C=O) groups excluding carboxylic acids is 3. The zero-order chi connectivity index (χ0) is 19.9. The average molecular weight is 377 g/mol. The third-order valence-corrected chi connectivity index (χ3v) is 4.05. The maximum Gasteiger partial charge on any atom is 0.374 e. The van der Waals surface area contributed by atoms with E-state index >= 15 is 0 Å². The normalized spacial score (nSPS) is 10.3. The number of ketones is 1. The first-order chi connectivity index (χ1) is 13.5. The number of benzene rings is 2. The lowest BCUT2D eigenvalue weighted by molar-refractivity contribution is -0.124. The molecule has 0 atom stereocenters. The van der Waals surface area contributed by atoms with Crippen molar-refractivity contribution in [2.45, 2.75) is 13.5 Å². The quantitative estimate of drug-likeness (QED) is 0.502. The van der Waals surface area contributed by atoms with Gasteiger partial charge >= 0.3 is 5.97 Å². The first-order valence-electron chi connectivity index (χ1n) is 8.72. The summed E-state index contributed by atoms with van der Waals surface area (Å²) in [6, 6.07) is 19.4. The first kappa shape index (κ1) is 19.1. The second-order valence-corrected chi connectivity index (χ2v) is 6.14. The van der Waals surface area contributed by atoms with Crippen LogP contribution < -0.4 is 5.32 Å². The number of ether oxygens (including phenoxy) is 1. The van der Waals surface area contributed by atoms with Gasteiger partial charge in [-0.1, -0.05) is 54.6 Å². The summed E-state index contributed by atoms with van der Waals surface area (Å²) < 4.78 is 10.5. The number of hydrogen-bond donors (Lipinski definition) is 1. The van der Waals surface area contributed by atoms with Gasteiger partial charge in [0.25, 0.3) is 5.91 Å². The third-order valence-electron chi connectivity index (χ3n) is 4.05. The van der Waals surface area contributed by atoms with Gasteiger partial charge in [-0.05, 0) is 24.6 Å². The van der Waals surface area contributed by atoms with Crippen molar-refractivity contribution in [1.29, 1.82) is 0 Å². The number of hydrogen-bond acceptors (Lipinski definition) is 5. The second-order valence-electron chi connectivity index (χ2n) is 6.14. The van der Waals surface area contributed by atoms with Crippen LogP contribution in [0.15, 0.2) is 71.1 Å². The molecule has 1 amide bonds. The van der Waals surface area contributed by atoms with Crippen LogP contribution in [-0.2, 0) is 16.1 Å². The molecule has 1 heterocycles. The van der Waals surface area contributed by atoms with Crippen LogP contribution in [0, 0.1) is 0 Å². The fourth-order valence-corrected chi connectivity index (χ4v) is 2.52. The maximum absolute atomic E-state index is 12.1. The monoisotopic (exact) mass is 377 g/mol. The van der Waals surface area contributed by atoms with Crippen molar-refractivity contribution < 1.29 is 23.5 Å². The molecular weight excluding hydrogens is 358 g/mol. The van der Waals surface area contributed by atoms with Crippen molar-refractivity contribution in [3.8, 4) is 11.3 Å². The molecule has 2 aromatic carbocycles. The molecule has 0 aliphatic carbocycles. The molecule has 0 saturated heterocycles. The predicted molar refractivity (Wildman–Crippen MR) is 103 cm³/mol. The van der Waals surface area contributed by atoms with E-state index in [2.05, 4.69) is 5.32 Å². The fourth-order valence-electron chi connectivity index (χ4n) is 2.52. The SMILES string of the molecule is CC(=O)c1ccc(-c2ccc(C(=O)OCC(=O)NCc3ccccc3)o2)cc1. The summed E-state index contributed by atoms with van der Waals surface area (Å²) in [5.41, 5.74) is 2.27. The van der Waals surface area contributed by atoms with Crippen LogP contribution in [-0.4, -0.2) is 24.3 Å². The Labute approximate surface area is 162 Å². The molecule has 1 N–H and O–H groups in total. The molecule has 0 aliphatic heterocycles. The smallest absolute Gasteiger partial charge is 0.374 e. The summed E-state index contributed by atoms with van der Waals surface area (Å²) in [6.45, 7) is 1.46. The summed E-state index contributed by atoms with van der Waals surface area (Å²) in [7, 11) is 0. The van der Waals surface area contributed by atoms with E-state index in [1.165, 1.54) is 13.0 Å². The molecular formula is C22H19NO5. The van der Waals surface area contributed by atoms with Crippen LogP contribution in [0.5, 0.6) is 0 Å². The Morgan fingerprint density at radius 2 is 1.64 bits per heavy atom. The number of rotatable bonds is 7. The van der Waals surface area contributed by atoms with Gasteiger partial charge in [0.05, 0.1) is 0 Å². The van der Waals surface area contributed by atoms with Crippen molar-refractivity contribution in [2.75, 3.05) is 6.61 Å². The summed E-state index contributed by atoms with van der Waals surface area (Å²) >= 11 is 0. The van der Waals surface area contributed by atoms with E-state index < -0.39 is 18.5 Å². The number of esters is 1. The van der Waals surface area contributed by atoms with Gasteiger partial charge in [-0.25, -0.2) is 4.79 Å². The third kappa shape index (κ3) is 4.94. The molecule has 3 rings (SSSR count). The highest BCUT2D eigenvalue weighted by atomic mass is 16.5. The summed E-state index contributed by atoms with van der Waals surface area (Å²) in [6.07, 6.45) is 0. The van der Waals surface area contributed by atoms with Gasteiger partial charge in [0.2, 0.25) is 5.76 Å². The summed E-state index contributed by atoms with van der Waals surface area (Å²) in [5.74, 6) is -0.678. The number of amides is 1. The van der Waals surface area contributed by atoms with Crippen molar-refractivity contribution >= 4 is 17.7 Å². The Kier molecular flexibility index (Phi) is 6.01. The van der Waals surface area contributed by atoms with Crippen molar-refractivity contribution in [1.82, 2.24) is 5.32 Å². The number of carbonyl (C=O) groups is 3. The van der Waals surface area contributed by atoms with Crippen molar-refractivity contribution in [2.24, 2.45) is 0 Å². The van der Waals surface area contributed by atoms with Crippen LogP contribution in [0.25, 0.3) is 11.3 Å². The molecule has 28 heavy (non-hydrogen) atoms. The minimum absolute atomic E-state index is 0.00139. The standard InChI is InChI=1S/C22H19NO5/c1-15(24)17-7-9-18(10-8-17)19-11-12-20(28-19)22(26)27-14-21(25)23-13-16-5-3-2-4-6-16/h2-12H,13-14H2,1H3,(H,23,25). The molecule has 0 spiro atoms. The molecule has 142 valence electrons. The van der Waals surface area contributed by atoms with Gasteiger partial charge in [0.15, 0.2) is 12.4 Å². The minimum Gasteiger partial charge on any atom is -0.450 e. The van der Waals surface area contributed by atoms with E-state index in [9.17, 15) is 14.4 Å². The van der Waals surface area contributed by atoms with Crippen LogP contribution in [0.1, 0.15) is 33.4 Å². The Balaban J connectivity index is 1.52. The summed E-state index contributed by atoms with van der Waals surface area (Å²) in [4.78, 5) is 35.2. The van der Waals surface area contributed by atoms with Gasteiger partial charge < -0.3 is 14.5 Å². The lowest BCUT2D eigenvalue weighted by Crippen LogP contribution is -2.28. The lowest BCUT2D eigenvalue weighted by Gasteiger charge is -2.05. The van der Waals surface area contributed by atoms with Gasteiger partial charge in [0, 0.05) is 17.7 Å². The molecule has 0 radical (unpaired) electrons. The highest BCUT2D eigenvalue weighted by Gasteiger charge is 2.15.